The second-order valence-electron chi connectivity index (χ2n) is 5.57. The van der Waals surface area contributed by atoms with Crippen LogP contribution in [-0.4, -0.2) is 40.0 Å². The van der Waals surface area contributed by atoms with Gasteiger partial charge in [0.2, 0.25) is 5.91 Å². The number of aliphatic carboxylic acids is 1. The molecule has 0 aromatic rings. The molecule has 3 N–H and O–H groups in total. The number of hydrogen-bond acceptors (Lipinski definition) is 3. The summed E-state index contributed by atoms with van der Waals surface area (Å²) in [6.07, 6.45) is 4.75. The van der Waals surface area contributed by atoms with Gasteiger partial charge in [-0.15, -0.1) is 0 Å². The van der Waals surface area contributed by atoms with Crippen LogP contribution >= 0.6 is 0 Å². The summed E-state index contributed by atoms with van der Waals surface area (Å²) in [6.45, 7) is 2.35. The predicted molar refractivity (Wildman–Crippen MR) is 66.9 cm³/mol. The minimum atomic E-state index is -1.02. The minimum Gasteiger partial charge on any atom is -0.479 e. The SMILES string of the molecule is CCC1(C(=O)O)CCCN1C(=O)[C@@H](N)CC1CC1. The molecular formula is C13H22N2O3. The number of nitrogens with zero attached hydrogens (tertiary/aromatic N) is 1. The van der Waals surface area contributed by atoms with Crippen molar-refractivity contribution in [2.24, 2.45) is 11.7 Å². The number of likely N-dealkylation sites (tertiary alicyclic amines) is 1. The van der Waals surface area contributed by atoms with E-state index in [4.69, 9.17) is 5.73 Å². The van der Waals surface area contributed by atoms with Gasteiger partial charge in [-0.05, 0) is 31.6 Å². The molecule has 1 saturated carbocycles. The second-order valence-corrected chi connectivity index (χ2v) is 5.57. The van der Waals surface area contributed by atoms with Gasteiger partial charge in [-0.25, -0.2) is 4.79 Å². The van der Waals surface area contributed by atoms with Gasteiger partial charge < -0.3 is 15.7 Å². The first-order valence-corrected chi connectivity index (χ1v) is 6.81. The van der Waals surface area contributed by atoms with Gasteiger partial charge in [0.15, 0.2) is 0 Å². The molecule has 2 atom stereocenters. The van der Waals surface area contributed by atoms with Gasteiger partial charge in [0.1, 0.15) is 5.54 Å². The third-order valence-corrected chi connectivity index (χ3v) is 4.34. The molecule has 5 nitrogen and oxygen atoms in total. The van der Waals surface area contributed by atoms with E-state index in [1.54, 1.807) is 0 Å². The fourth-order valence-corrected chi connectivity index (χ4v) is 2.95. The zero-order valence-electron chi connectivity index (χ0n) is 10.9. The van der Waals surface area contributed by atoms with Gasteiger partial charge in [0, 0.05) is 6.54 Å². The predicted octanol–water partition coefficient (Wildman–Crippen LogP) is 0.970. The summed E-state index contributed by atoms with van der Waals surface area (Å²) >= 11 is 0. The van der Waals surface area contributed by atoms with E-state index in [1.807, 2.05) is 6.92 Å². The Labute approximate surface area is 107 Å². The van der Waals surface area contributed by atoms with Crippen LogP contribution < -0.4 is 5.73 Å². The molecule has 1 aliphatic carbocycles. The topological polar surface area (TPSA) is 83.6 Å². The van der Waals surface area contributed by atoms with Gasteiger partial charge >= 0.3 is 5.97 Å². The van der Waals surface area contributed by atoms with Crippen molar-refractivity contribution in [3.63, 3.8) is 0 Å². The highest BCUT2D eigenvalue weighted by Crippen LogP contribution is 2.36. The molecule has 2 fully saturated rings. The normalized spacial score (nSPS) is 29.3. The van der Waals surface area contributed by atoms with Crippen LogP contribution in [0.4, 0.5) is 0 Å². The Hall–Kier alpha value is -1.10. The molecule has 0 bridgehead atoms. The first-order chi connectivity index (χ1) is 8.51. The number of carboxylic acids is 1. The van der Waals surface area contributed by atoms with E-state index >= 15 is 0 Å². The molecule has 1 saturated heterocycles. The monoisotopic (exact) mass is 254 g/mol. The van der Waals surface area contributed by atoms with Crippen molar-refractivity contribution in [2.45, 2.75) is 57.0 Å². The Morgan fingerprint density at radius 3 is 2.67 bits per heavy atom. The standard InChI is InChI=1S/C13H22N2O3/c1-2-13(12(17)18)6-3-7-15(13)11(16)10(14)8-9-4-5-9/h9-10H,2-8,14H2,1H3,(H,17,18)/t10-,13?/m0/s1. The summed E-state index contributed by atoms with van der Waals surface area (Å²) in [5, 5.41) is 9.42. The molecule has 0 radical (unpaired) electrons. The summed E-state index contributed by atoms with van der Waals surface area (Å²) in [5.41, 5.74) is 4.91. The number of amides is 1. The van der Waals surface area contributed by atoms with E-state index in [-0.39, 0.29) is 5.91 Å². The summed E-state index contributed by atoms with van der Waals surface area (Å²) in [7, 11) is 0. The van der Waals surface area contributed by atoms with Crippen LogP contribution in [0.1, 0.15) is 45.4 Å². The van der Waals surface area contributed by atoms with E-state index in [1.165, 1.54) is 4.90 Å². The lowest BCUT2D eigenvalue weighted by molar-refractivity contribution is -0.157. The second kappa shape index (κ2) is 4.88. The van der Waals surface area contributed by atoms with E-state index in [0.29, 0.717) is 31.7 Å². The Kier molecular flexibility index (Phi) is 3.61. The van der Waals surface area contributed by atoms with Crippen molar-refractivity contribution in [1.82, 2.24) is 4.90 Å². The maximum absolute atomic E-state index is 12.3. The highest BCUT2D eigenvalue weighted by molar-refractivity contribution is 5.90. The van der Waals surface area contributed by atoms with Crippen LogP contribution in [0.25, 0.3) is 0 Å². The Morgan fingerprint density at radius 2 is 2.17 bits per heavy atom. The van der Waals surface area contributed by atoms with Crippen LogP contribution in [0.3, 0.4) is 0 Å². The molecular weight excluding hydrogens is 232 g/mol. The van der Waals surface area contributed by atoms with Crippen molar-refractivity contribution in [3.05, 3.63) is 0 Å². The van der Waals surface area contributed by atoms with Gasteiger partial charge in [-0.3, -0.25) is 4.79 Å². The molecule has 1 heterocycles. The molecule has 1 aliphatic heterocycles. The molecule has 0 spiro atoms. The molecule has 2 rings (SSSR count). The lowest BCUT2D eigenvalue weighted by Gasteiger charge is -2.35. The average Bonchev–Trinajstić information content (AvgIpc) is 3.04. The van der Waals surface area contributed by atoms with Gasteiger partial charge in [-0.2, -0.15) is 0 Å². The van der Waals surface area contributed by atoms with Crippen LogP contribution in [-0.2, 0) is 9.59 Å². The lowest BCUT2D eigenvalue weighted by atomic mass is 9.92. The Morgan fingerprint density at radius 1 is 1.50 bits per heavy atom. The molecule has 2 aliphatic rings. The number of hydrogen-bond donors (Lipinski definition) is 2. The summed E-state index contributed by atoms with van der Waals surface area (Å²) in [6, 6.07) is -0.527. The van der Waals surface area contributed by atoms with Crippen LogP contribution in [0.15, 0.2) is 0 Å². The van der Waals surface area contributed by atoms with E-state index in [2.05, 4.69) is 0 Å². The van der Waals surface area contributed by atoms with Gasteiger partial charge in [-0.1, -0.05) is 19.8 Å². The molecule has 18 heavy (non-hydrogen) atoms. The van der Waals surface area contributed by atoms with Crippen LogP contribution in [0, 0.1) is 5.92 Å². The highest BCUT2D eigenvalue weighted by atomic mass is 16.4. The quantitative estimate of drug-likeness (QED) is 0.765. The van der Waals surface area contributed by atoms with Crippen LogP contribution in [0.2, 0.25) is 0 Å². The summed E-state index contributed by atoms with van der Waals surface area (Å²) < 4.78 is 0. The zero-order chi connectivity index (χ0) is 13.3. The largest absolute Gasteiger partial charge is 0.479 e. The molecule has 0 aromatic carbocycles. The van der Waals surface area contributed by atoms with Crippen molar-refractivity contribution in [2.75, 3.05) is 6.54 Å². The van der Waals surface area contributed by atoms with Crippen molar-refractivity contribution >= 4 is 11.9 Å². The molecule has 0 aromatic heterocycles. The van der Waals surface area contributed by atoms with Crippen LogP contribution in [0.5, 0.6) is 0 Å². The Balaban J connectivity index is 2.09. The summed E-state index contributed by atoms with van der Waals surface area (Å²) in [4.78, 5) is 25.3. The third kappa shape index (κ3) is 2.23. The maximum Gasteiger partial charge on any atom is 0.329 e. The number of nitrogens with two attached hydrogens (primary N) is 1. The third-order valence-electron chi connectivity index (χ3n) is 4.34. The average molecular weight is 254 g/mol. The van der Waals surface area contributed by atoms with E-state index < -0.39 is 17.6 Å². The van der Waals surface area contributed by atoms with E-state index in [9.17, 15) is 14.7 Å². The van der Waals surface area contributed by atoms with Crippen molar-refractivity contribution < 1.29 is 14.7 Å². The number of carbonyl (C=O) groups excluding carboxylic acids is 1. The first-order valence-electron chi connectivity index (χ1n) is 6.81. The number of carbonyl (C=O) groups is 2. The smallest absolute Gasteiger partial charge is 0.329 e. The summed E-state index contributed by atoms with van der Waals surface area (Å²) in [5.74, 6) is -0.495. The molecule has 5 heteroatoms. The van der Waals surface area contributed by atoms with E-state index in [0.717, 1.165) is 19.3 Å². The molecule has 102 valence electrons. The number of rotatable bonds is 5. The fraction of sp³-hybridized carbons (Fsp3) is 0.846. The minimum absolute atomic E-state index is 0.177. The molecule has 1 unspecified atom stereocenters. The fourth-order valence-electron chi connectivity index (χ4n) is 2.95. The van der Waals surface area contributed by atoms with Crippen molar-refractivity contribution in [1.29, 1.82) is 0 Å². The van der Waals surface area contributed by atoms with Crippen molar-refractivity contribution in [3.8, 4) is 0 Å². The van der Waals surface area contributed by atoms with Gasteiger partial charge in [0.05, 0.1) is 6.04 Å². The maximum atomic E-state index is 12.3. The highest BCUT2D eigenvalue weighted by Gasteiger charge is 2.49. The number of carboxylic acid groups (broad SMARTS) is 1. The first kappa shape index (κ1) is 13.3. The molecule has 1 amide bonds. The Bertz CT molecular complexity index is 354. The van der Waals surface area contributed by atoms with Gasteiger partial charge in [0.25, 0.3) is 0 Å². The zero-order valence-corrected chi connectivity index (χ0v) is 10.9. The lowest BCUT2D eigenvalue weighted by Crippen LogP contribution is -2.56.